The Morgan fingerprint density at radius 2 is 2.64 bits per heavy atom. The molecule has 0 amide bonds. The van der Waals surface area contributed by atoms with Gasteiger partial charge in [-0.15, -0.1) is 10.2 Å². The van der Waals surface area contributed by atoms with Crippen LogP contribution in [0.2, 0.25) is 0 Å². The van der Waals surface area contributed by atoms with Crippen LogP contribution in [0.4, 0.5) is 0 Å². The minimum absolute atomic E-state index is 0.567. The van der Waals surface area contributed by atoms with Gasteiger partial charge in [-0.2, -0.15) is 0 Å². The van der Waals surface area contributed by atoms with E-state index in [0.29, 0.717) is 6.42 Å². The van der Waals surface area contributed by atoms with Crippen molar-refractivity contribution in [2.45, 2.75) is 11.6 Å². The van der Waals surface area contributed by atoms with E-state index in [1.54, 1.807) is 6.33 Å². The Hall–Kier alpha value is -0.840. The van der Waals surface area contributed by atoms with E-state index in [9.17, 15) is 4.79 Å². The topological polar surface area (TPSA) is 47.8 Å². The van der Waals surface area contributed by atoms with Crippen molar-refractivity contribution in [1.29, 1.82) is 0 Å². The van der Waals surface area contributed by atoms with Gasteiger partial charge in [-0.3, -0.25) is 0 Å². The maximum absolute atomic E-state index is 9.96. The highest BCUT2D eigenvalue weighted by molar-refractivity contribution is 7.99. The van der Waals surface area contributed by atoms with Gasteiger partial charge in [-0.1, -0.05) is 11.8 Å². The normalized spacial score (nSPS) is 9.91. The summed E-state index contributed by atoms with van der Waals surface area (Å²) in [6.07, 6.45) is 3.12. The zero-order valence-electron chi connectivity index (χ0n) is 6.23. The molecule has 0 aliphatic carbocycles. The third-order valence-corrected chi connectivity index (χ3v) is 2.20. The molecule has 0 saturated heterocycles. The number of carbonyl (C=O) groups is 1. The summed E-state index contributed by atoms with van der Waals surface area (Å²) in [5, 5.41) is 8.41. The second-order valence-electron chi connectivity index (χ2n) is 2.03. The summed E-state index contributed by atoms with van der Waals surface area (Å²) in [6, 6.07) is 0. The summed E-state index contributed by atoms with van der Waals surface area (Å²) in [4.78, 5) is 9.96. The van der Waals surface area contributed by atoms with E-state index in [1.807, 2.05) is 11.6 Å². The van der Waals surface area contributed by atoms with Gasteiger partial charge in [0.1, 0.15) is 12.6 Å². The molecule has 1 heterocycles. The Balaban J connectivity index is 2.38. The molecule has 1 aromatic heterocycles. The van der Waals surface area contributed by atoms with Crippen molar-refractivity contribution in [3.8, 4) is 0 Å². The lowest BCUT2D eigenvalue weighted by molar-refractivity contribution is -0.107. The number of aryl methyl sites for hydroxylation is 1. The van der Waals surface area contributed by atoms with Gasteiger partial charge in [0, 0.05) is 19.2 Å². The van der Waals surface area contributed by atoms with Crippen LogP contribution in [0.5, 0.6) is 0 Å². The van der Waals surface area contributed by atoms with E-state index < -0.39 is 0 Å². The summed E-state index contributed by atoms with van der Waals surface area (Å²) in [5.41, 5.74) is 0. The molecule has 0 radical (unpaired) electrons. The van der Waals surface area contributed by atoms with Crippen LogP contribution in [-0.4, -0.2) is 26.8 Å². The monoisotopic (exact) mass is 171 g/mol. The maximum atomic E-state index is 9.96. The third-order valence-electron chi connectivity index (χ3n) is 1.14. The lowest BCUT2D eigenvalue weighted by Gasteiger charge is -1.95. The predicted molar refractivity (Wildman–Crippen MR) is 42.4 cm³/mol. The van der Waals surface area contributed by atoms with E-state index >= 15 is 0 Å². The molecule has 0 N–H and O–H groups in total. The molecule has 4 nitrogen and oxygen atoms in total. The summed E-state index contributed by atoms with van der Waals surface area (Å²) in [6.45, 7) is 0. The lowest BCUT2D eigenvalue weighted by Crippen LogP contribution is -1.90. The lowest BCUT2D eigenvalue weighted by atomic mass is 10.6. The van der Waals surface area contributed by atoms with Crippen molar-refractivity contribution < 1.29 is 4.79 Å². The molecule has 60 valence electrons. The fourth-order valence-corrected chi connectivity index (χ4v) is 1.35. The Morgan fingerprint density at radius 1 is 1.82 bits per heavy atom. The van der Waals surface area contributed by atoms with E-state index in [2.05, 4.69) is 10.2 Å². The standard InChI is InChI=1S/C6H9N3OS/c1-9-5-7-8-6(9)11-4-2-3-10/h3,5H,2,4H2,1H3. The fraction of sp³-hybridized carbons (Fsp3) is 0.500. The Bertz CT molecular complexity index is 235. The molecule has 0 aliphatic rings. The first kappa shape index (κ1) is 8.26. The number of thioether (sulfide) groups is 1. The molecule has 0 bridgehead atoms. The van der Waals surface area contributed by atoms with E-state index in [1.165, 1.54) is 11.8 Å². The van der Waals surface area contributed by atoms with Gasteiger partial charge in [-0.05, 0) is 0 Å². The van der Waals surface area contributed by atoms with Crippen LogP contribution in [0.25, 0.3) is 0 Å². The van der Waals surface area contributed by atoms with Crippen molar-refractivity contribution in [3.63, 3.8) is 0 Å². The molecule has 0 aromatic carbocycles. The third kappa shape index (κ3) is 2.34. The Morgan fingerprint density at radius 3 is 3.18 bits per heavy atom. The minimum atomic E-state index is 0.567. The number of hydrogen-bond donors (Lipinski definition) is 0. The summed E-state index contributed by atoms with van der Waals surface area (Å²) >= 11 is 1.54. The van der Waals surface area contributed by atoms with Crippen LogP contribution < -0.4 is 0 Å². The van der Waals surface area contributed by atoms with Gasteiger partial charge >= 0.3 is 0 Å². The molecule has 1 rings (SSSR count). The molecule has 0 aliphatic heterocycles. The highest BCUT2D eigenvalue weighted by Crippen LogP contribution is 2.12. The number of aromatic nitrogens is 3. The Kier molecular flexibility index (Phi) is 3.10. The number of aldehydes is 1. The van der Waals surface area contributed by atoms with Gasteiger partial charge in [0.05, 0.1) is 0 Å². The average molecular weight is 171 g/mol. The second kappa shape index (κ2) is 4.12. The number of hydrogen-bond acceptors (Lipinski definition) is 4. The quantitative estimate of drug-likeness (QED) is 0.376. The zero-order valence-corrected chi connectivity index (χ0v) is 7.04. The van der Waals surface area contributed by atoms with Gasteiger partial charge in [0.25, 0.3) is 0 Å². The smallest absolute Gasteiger partial charge is 0.190 e. The summed E-state index contributed by atoms with van der Waals surface area (Å²) in [7, 11) is 1.88. The highest BCUT2D eigenvalue weighted by Gasteiger charge is 1.98. The van der Waals surface area contributed by atoms with E-state index in [0.717, 1.165) is 17.2 Å². The van der Waals surface area contributed by atoms with E-state index in [4.69, 9.17) is 0 Å². The molecular weight excluding hydrogens is 162 g/mol. The predicted octanol–water partition coefficient (Wildman–Crippen LogP) is 0.496. The van der Waals surface area contributed by atoms with Crippen LogP contribution in [0.15, 0.2) is 11.5 Å². The summed E-state index contributed by atoms with van der Waals surface area (Å²) < 4.78 is 1.83. The van der Waals surface area contributed by atoms with Crippen molar-refractivity contribution in [3.05, 3.63) is 6.33 Å². The largest absolute Gasteiger partial charge is 0.312 e. The second-order valence-corrected chi connectivity index (χ2v) is 3.09. The number of carbonyl (C=O) groups excluding carboxylic acids is 1. The molecule has 0 unspecified atom stereocenters. The van der Waals surface area contributed by atoms with Crippen LogP contribution in [-0.2, 0) is 11.8 Å². The first-order valence-electron chi connectivity index (χ1n) is 3.25. The van der Waals surface area contributed by atoms with Gasteiger partial charge in [-0.25, -0.2) is 0 Å². The molecule has 0 saturated carbocycles. The molecule has 11 heavy (non-hydrogen) atoms. The molecule has 0 fully saturated rings. The SMILES string of the molecule is Cn1cnnc1SCCC=O. The highest BCUT2D eigenvalue weighted by atomic mass is 32.2. The fourth-order valence-electron chi connectivity index (χ4n) is 0.602. The van der Waals surface area contributed by atoms with Crippen LogP contribution in [0.1, 0.15) is 6.42 Å². The first-order chi connectivity index (χ1) is 5.34. The molecular formula is C6H9N3OS. The van der Waals surface area contributed by atoms with Crippen LogP contribution in [0, 0.1) is 0 Å². The van der Waals surface area contributed by atoms with Crippen LogP contribution >= 0.6 is 11.8 Å². The summed E-state index contributed by atoms with van der Waals surface area (Å²) in [5.74, 6) is 0.774. The van der Waals surface area contributed by atoms with Crippen molar-refractivity contribution in [1.82, 2.24) is 14.8 Å². The molecule has 0 spiro atoms. The van der Waals surface area contributed by atoms with Crippen molar-refractivity contribution in [2.75, 3.05) is 5.75 Å². The maximum Gasteiger partial charge on any atom is 0.190 e. The molecule has 1 aromatic rings. The average Bonchev–Trinajstić information content (AvgIpc) is 2.37. The van der Waals surface area contributed by atoms with E-state index in [-0.39, 0.29) is 0 Å². The van der Waals surface area contributed by atoms with Crippen molar-refractivity contribution >= 4 is 18.0 Å². The minimum Gasteiger partial charge on any atom is -0.312 e. The van der Waals surface area contributed by atoms with Crippen LogP contribution in [0.3, 0.4) is 0 Å². The van der Waals surface area contributed by atoms with Gasteiger partial charge < -0.3 is 9.36 Å². The van der Waals surface area contributed by atoms with Crippen molar-refractivity contribution in [2.24, 2.45) is 7.05 Å². The van der Waals surface area contributed by atoms with Gasteiger partial charge in [0.15, 0.2) is 5.16 Å². The number of rotatable bonds is 4. The molecule has 5 heteroatoms. The molecule has 0 atom stereocenters. The van der Waals surface area contributed by atoms with Gasteiger partial charge in [0.2, 0.25) is 0 Å². The zero-order chi connectivity index (χ0) is 8.10. The number of nitrogens with zero attached hydrogens (tertiary/aromatic N) is 3. The Labute approximate surface area is 69.0 Å². The first-order valence-corrected chi connectivity index (χ1v) is 4.23.